The second kappa shape index (κ2) is 6.81. The first kappa shape index (κ1) is 17.4. The van der Waals surface area contributed by atoms with E-state index in [-0.39, 0.29) is 23.3 Å². The Morgan fingerprint density at radius 2 is 2.00 bits per heavy atom. The Kier molecular flexibility index (Phi) is 4.93. The highest BCUT2D eigenvalue weighted by atomic mass is 32.2. The summed E-state index contributed by atoms with van der Waals surface area (Å²) in [6, 6.07) is 0. The van der Waals surface area contributed by atoms with Crippen LogP contribution >= 0.6 is 0 Å². The van der Waals surface area contributed by atoms with Crippen molar-refractivity contribution in [2.75, 3.05) is 39.4 Å². The van der Waals surface area contributed by atoms with Crippen LogP contribution in [0.15, 0.2) is 9.42 Å². The quantitative estimate of drug-likeness (QED) is 0.784. The maximum atomic E-state index is 12.9. The van der Waals surface area contributed by atoms with Gasteiger partial charge in [-0.05, 0) is 26.7 Å². The number of rotatable bonds is 3. The molecule has 1 atom stereocenters. The van der Waals surface area contributed by atoms with Crippen LogP contribution in [0.4, 0.5) is 0 Å². The van der Waals surface area contributed by atoms with E-state index in [2.05, 4.69) is 5.16 Å². The van der Waals surface area contributed by atoms with Crippen LogP contribution in [0.25, 0.3) is 0 Å². The highest BCUT2D eigenvalue weighted by molar-refractivity contribution is 7.89. The summed E-state index contributed by atoms with van der Waals surface area (Å²) >= 11 is 0. The zero-order valence-electron chi connectivity index (χ0n) is 14.0. The molecule has 134 valence electrons. The van der Waals surface area contributed by atoms with Crippen molar-refractivity contribution in [1.29, 1.82) is 0 Å². The molecule has 1 unspecified atom stereocenters. The van der Waals surface area contributed by atoms with Crippen molar-refractivity contribution < 1.29 is 22.5 Å². The van der Waals surface area contributed by atoms with Crippen LogP contribution < -0.4 is 0 Å². The number of carbonyl (C=O) groups excluding carboxylic acids is 1. The van der Waals surface area contributed by atoms with E-state index in [9.17, 15) is 13.2 Å². The summed E-state index contributed by atoms with van der Waals surface area (Å²) in [5.74, 6) is 0.285. The van der Waals surface area contributed by atoms with E-state index in [0.29, 0.717) is 50.7 Å². The molecule has 0 radical (unpaired) electrons. The first-order chi connectivity index (χ1) is 11.4. The normalized spacial score (nSPS) is 23.4. The maximum Gasteiger partial charge on any atom is 0.248 e. The average molecular weight is 357 g/mol. The van der Waals surface area contributed by atoms with E-state index >= 15 is 0 Å². The van der Waals surface area contributed by atoms with Crippen molar-refractivity contribution in [1.82, 2.24) is 14.4 Å². The second-order valence-corrected chi connectivity index (χ2v) is 8.17. The Morgan fingerprint density at radius 3 is 2.62 bits per heavy atom. The molecule has 2 fully saturated rings. The maximum absolute atomic E-state index is 12.9. The Morgan fingerprint density at radius 1 is 1.21 bits per heavy atom. The van der Waals surface area contributed by atoms with Crippen LogP contribution in [-0.2, 0) is 19.6 Å². The fourth-order valence-electron chi connectivity index (χ4n) is 3.31. The summed E-state index contributed by atoms with van der Waals surface area (Å²) in [6.07, 6.45) is 1.36. The van der Waals surface area contributed by atoms with Crippen molar-refractivity contribution in [3.05, 3.63) is 11.5 Å². The van der Waals surface area contributed by atoms with Crippen molar-refractivity contribution in [3.8, 4) is 0 Å². The Labute approximate surface area is 141 Å². The van der Waals surface area contributed by atoms with Gasteiger partial charge in [0.15, 0.2) is 5.76 Å². The summed E-state index contributed by atoms with van der Waals surface area (Å²) in [4.78, 5) is 14.4. The van der Waals surface area contributed by atoms with E-state index in [4.69, 9.17) is 9.26 Å². The molecule has 2 aliphatic rings. The minimum absolute atomic E-state index is 0.0732. The zero-order valence-corrected chi connectivity index (χ0v) is 14.8. The molecule has 1 aromatic rings. The molecule has 2 saturated heterocycles. The largest absolute Gasteiger partial charge is 0.381 e. The van der Waals surface area contributed by atoms with Crippen molar-refractivity contribution in [2.45, 2.75) is 31.6 Å². The van der Waals surface area contributed by atoms with Crippen LogP contribution in [0.3, 0.4) is 0 Å². The van der Waals surface area contributed by atoms with Gasteiger partial charge in [-0.1, -0.05) is 5.16 Å². The lowest BCUT2D eigenvalue weighted by Gasteiger charge is -2.23. The third-order valence-electron chi connectivity index (χ3n) is 4.61. The van der Waals surface area contributed by atoms with Gasteiger partial charge in [0.2, 0.25) is 15.9 Å². The fraction of sp³-hybridized carbons (Fsp3) is 0.733. The SMILES string of the molecule is Cc1noc(C)c1S(=O)(=O)N1CCCN(C(=O)C2CCOC2)CC1. The predicted molar refractivity (Wildman–Crippen MR) is 84.9 cm³/mol. The number of hydrogen-bond donors (Lipinski definition) is 0. The Hall–Kier alpha value is -1.45. The topological polar surface area (TPSA) is 93.0 Å². The van der Waals surface area contributed by atoms with Crippen LogP contribution in [0, 0.1) is 19.8 Å². The molecule has 24 heavy (non-hydrogen) atoms. The van der Waals surface area contributed by atoms with Gasteiger partial charge in [0.1, 0.15) is 10.6 Å². The minimum Gasteiger partial charge on any atom is -0.381 e. The lowest BCUT2D eigenvalue weighted by atomic mass is 10.1. The van der Waals surface area contributed by atoms with Gasteiger partial charge in [0.25, 0.3) is 0 Å². The third-order valence-corrected chi connectivity index (χ3v) is 6.75. The van der Waals surface area contributed by atoms with Crippen LogP contribution in [-0.4, -0.2) is 68.1 Å². The highest BCUT2D eigenvalue weighted by Crippen LogP contribution is 2.25. The number of amides is 1. The van der Waals surface area contributed by atoms with E-state index in [1.54, 1.807) is 18.7 Å². The molecule has 3 heterocycles. The summed E-state index contributed by atoms with van der Waals surface area (Å²) in [5, 5.41) is 3.74. The second-order valence-electron chi connectivity index (χ2n) is 6.30. The predicted octanol–water partition coefficient (Wildman–Crippen LogP) is 0.551. The molecule has 1 aromatic heterocycles. The van der Waals surface area contributed by atoms with Gasteiger partial charge in [0, 0.05) is 32.8 Å². The molecule has 1 amide bonds. The summed E-state index contributed by atoms with van der Waals surface area (Å²) in [6.45, 7) is 5.95. The van der Waals surface area contributed by atoms with Crippen LogP contribution in [0.5, 0.6) is 0 Å². The summed E-state index contributed by atoms with van der Waals surface area (Å²) in [7, 11) is -3.66. The first-order valence-corrected chi connectivity index (χ1v) is 9.65. The van der Waals surface area contributed by atoms with Gasteiger partial charge >= 0.3 is 0 Å². The van der Waals surface area contributed by atoms with Crippen molar-refractivity contribution >= 4 is 15.9 Å². The number of nitrogens with zero attached hydrogens (tertiary/aromatic N) is 3. The number of carbonyl (C=O) groups is 1. The van der Waals surface area contributed by atoms with E-state index in [0.717, 1.165) is 6.42 Å². The number of aryl methyl sites for hydroxylation is 2. The van der Waals surface area contributed by atoms with E-state index < -0.39 is 10.0 Å². The van der Waals surface area contributed by atoms with Crippen molar-refractivity contribution in [2.24, 2.45) is 5.92 Å². The standard InChI is InChI=1S/C15H23N3O5S/c1-11-14(12(2)23-16-11)24(20,21)18-6-3-5-17(7-8-18)15(19)13-4-9-22-10-13/h13H,3-10H2,1-2H3. The zero-order chi connectivity index (χ0) is 17.3. The van der Waals surface area contributed by atoms with Gasteiger partial charge in [-0.2, -0.15) is 4.31 Å². The minimum atomic E-state index is -3.66. The van der Waals surface area contributed by atoms with E-state index in [1.807, 2.05) is 0 Å². The van der Waals surface area contributed by atoms with Gasteiger partial charge in [0.05, 0.1) is 12.5 Å². The molecule has 0 aliphatic carbocycles. The molecular weight excluding hydrogens is 334 g/mol. The van der Waals surface area contributed by atoms with Gasteiger partial charge < -0.3 is 14.2 Å². The van der Waals surface area contributed by atoms with Crippen LogP contribution in [0.2, 0.25) is 0 Å². The number of aromatic nitrogens is 1. The molecule has 0 spiro atoms. The molecule has 8 nitrogen and oxygen atoms in total. The number of hydrogen-bond acceptors (Lipinski definition) is 6. The monoisotopic (exact) mass is 357 g/mol. The van der Waals surface area contributed by atoms with Crippen LogP contribution in [0.1, 0.15) is 24.3 Å². The molecule has 9 heteroatoms. The summed E-state index contributed by atoms with van der Waals surface area (Å²) < 4.78 is 37.5. The van der Waals surface area contributed by atoms with E-state index in [1.165, 1.54) is 4.31 Å². The molecule has 0 saturated carbocycles. The van der Waals surface area contributed by atoms with Gasteiger partial charge in [-0.25, -0.2) is 8.42 Å². The highest BCUT2D eigenvalue weighted by Gasteiger charge is 2.34. The Bertz CT molecular complexity index is 689. The van der Waals surface area contributed by atoms with Gasteiger partial charge in [-0.15, -0.1) is 0 Å². The fourth-order valence-corrected chi connectivity index (χ4v) is 5.07. The molecule has 2 aliphatic heterocycles. The van der Waals surface area contributed by atoms with Gasteiger partial charge in [-0.3, -0.25) is 4.79 Å². The average Bonchev–Trinajstić information content (AvgIpc) is 3.10. The molecule has 0 N–H and O–H groups in total. The smallest absolute Gasteiger partial charge is 0.248 e. The molecular formula is C15H23N3O5S. The lowest BCUT2D eigenvalue weighted by molar-refractivity contribution is -0.135. The molecule has 0 aromatic carbocycles. The number of sulfonamides is 1. The third kappa shape index (κ3) is 3.20. The number of ether oxygens (including phenoxy) is 1. The van der Waals surface area contributed by atoms with Crippen molar-refractivity contribution in [3.63, 3.8) is 0 Å². The summed E-state index contributed by atoms with van der Waals surface area (Å²) in [5.41, 5.74) is 0.368. The molecule has 3 rings (SSSR count). The molecule has 0 bridgehead atoms. The first-order valence-electron chi connectivity index (χ1n) is 8.21. The lowest BCUT2D eigenvalue weighted by Crippen LogP contribution is -2.40. The Balaban J connectivity index is 1.72.